The molecule has 1 amide bonds. The third kappa shape index (κ3) is 5.15. The van der Waals surface area contributed by atoms with Crippen molar-refractivity contribution in [2.24, 2.45) is 10.7 Å². The van der Waals surface area contributed by atoms with Crippen LogP contribution in [0.2, 0.25) is 0 Å². The fourth-order valence-electron chi connectivity index (χ4n) is 2.70. The number of amides is 1. The van der Waals surface area contributed by atoms with Crippen molar-refractivity contribution >= 4 is 40.9 Å². The molecule has 0 saturated carbocycles. The number of aliphatic hydroxyl groups is 1. The molecule has 9 nitrogen and oxygen atoms in total. The maximum atomic E-state index is 12.0. The van der Waals surface area contributed by atoms with E-state index in [4.69, 9.17) is 10.8 Å². The van der Waals surface area contributed by atoms with Crippen LogP contribution in [-0.4, -0.2) is 52.6 Å². The summed E-state index contributed by atoms with van der Waals surface area (Å²) in [6.45, 7) is 0.858. The molecule has 2 aliphatic heterocycles. The first-order valence-electron chi connectivity index (χ1n) is 8.44. The van der Waals surface area contributed by atoms with E-state index in [1.54, 1.807) is 17.8 Å². The van der Waals surface area contributed by atoms with Crippen LogP contribution in [0.3, 0.4) is 0 Å². The summed E-state index contributed by atoms with van der Waals surface area (Å²) in [6, 6.07) is 3.68. The largest absolute Gasteiger partial charge is 0.481 e. The first-order valence-corrected chi connectivity index (χ1v) is 10.1. The molecule has 1 aromatic rings. The molecule has 146 valence electrons. The number of guanidine groups is 1. The molecule has 11 heteroatoms. The van der Waals surface area contributed by atoms with E-state index in [0.29, 0.717) is 10.7 Å². The average Bonchev–Trinajstić information content (AvgIpc) is 3.09. The Morgan fingerprint density at radius 2 is 2.22 bits per heavy atom. The van der Waals surface area contributed by atoms with E-state index in [0.717, 1.165) is 29.2 Å². The second-order valence-electron chi connectivity index (χ2n) is 6.08. The third-order valence-electron chi connectivity index (χ3n) is 4.02. The lowest BCUT2D eigenvalue weighted by molar-refractivity contribution is -0.136. The maximum absolute atomic E-state index is 12.0. The van der Waals surface area contributed by atoms with Crippen molar-refractivity contribution in [1.29, 1.82) is 0 Å². The topological polar surface area (TPSA) is 149 Å². The summed E-state index contributed by atoms with van der Waals surface area (Å²) in [7, 11) is 0. The Kier molecular flexibility index (Phi) is 6.24. The Balaban J connectivity index is 1.48. The van der Waals surface area contributed by atoms with E-state index >= 15 is 0 Å². The molecule has 0 bridgehead atoms. The molecule has 3 heterocycles. The molecule has 0 spiro atoms. The zero-order valence-electron chi connectivity index (χ0n) is 14.4. The summed E-state index contributed by atoms with van der Waals surface area (Å²) in [5.74, 6) is -0.276. The van der Waals surface area contributed by atoms with Crippen LogP contribution < -0.4 is 21.7 Å². The second kappa shape index (κ2) is 8.63. The number of hydrogen-bond acceptors (Lipinski definition) is 9. The van der Waals surface area contributed by atoms with Gasteiger partial charge in [-0.3, -0.25) is 9.59 Å². The number of aliphatic carboxylic acids is 1. The van der Waals surface area contributed by atoms with Crippen molar-refractivity contribution in [2.75, 3.05) is 13.1 Å². The summed E-state index contributed by atoms with van der Waals surface area (Å²) in [4.78, 5) is 28.8. The minimum atomic E-state index is -0.940. The van der Waals surface area contributed by atoms with Gasteiger partial charge in [0, 0.05) is 23.2 Å². The van der Waals surface area contributed by atoms with E-state index in [9.17, 15) is 14.7 Å². The first kappa shape index (κ1) is 19.5. The predicted octanol–water partition coefficient (Wildman–Crippen LogP) is -0.00440. The van der Waals surface area contributed by atoms with Crippen LogP contribution in [0.15, 0.2) is 27.9 Å². The number of carboxylic acids is 1. The molecule has 2 aliphatic rings. The van der Waals surface area contributed by atoms with Gasteiger partial charge in [-0.15, -0.1) is 23.1 Å². The fraction of sp³-hybridized carbons (Fsp3) is 0.438. The van der Waals surface area contributed by atoms with Gasteiger partial charge in [-0.05, 0) is 25.0 Å². The number of thioether (sulfide) groups is 1. The van der Waals surface area contributed by atoms with Crippen molar-refractivity contribution in [3.8, 4) is 0 Å². The van der Waals surface area contributed by atoms with Gasteiger partial charge >= 0.3 is 5.97 Å². The number of aliphatic hydroxyl groups excluding tert-OH is 1. The lowest BCUT2D eigenvalue weighted by atomic mass is 10.2. The maximum Gasteiger partial charge on any atom is 0.305 e. The van der Waals surface area contributed by atoms with Gasteiger partial charge in [0.15, 0.2) is 12.2 Å². The third-order valence-corrected chi connectivity index (χ3v) is 6.57. The van der Waals surface area contributed by atoms with Crippen molar-refractivity contribution in [2.45, 2.75) is 30.7 Å². The summed E-state index contributed by atoms with van der Waals surface area (Å²) < 4.78 is 0. The lowest BCUT2D eigenvalue weighted by Gasteiger charge is -2.32. The number of thiophene rings is 1. The van der Waals surface area contributed by atoms with Gasteiger partial charge in [-0.25, -0.2) is 4.99 Å². The highest BCUT2D eigenvalue weighted by atomic mass is 32.2. The van der Waals surface area contributed by atoms with Crippen molar-refractivity contribution in [3.05, 3.63) is 32.6 Å². The van der Waals surface area contributed by atoms with Crippen LogP contribution in [0.1, 0.15) is 27.4 Å². The molecular weight excluding hydrogens is 390 g/mol. The van der Waals surface area contributed by atoms with Crippen molar-refractivity contribution < 1.29 is 19.8 Å². The Morgan fingerprint density at radius 3 is 3.00 bits per heavy atom. The number of nitrogens with one attached hydrogen (secondary N) is 3. The Morgan fingerprint density at radius 1 is 1.41 bits per heavy atom. The lowest BCUT2D eigenvalue weighted by Crippen LogP contribution is -2.46. The summed E-state index contributed by atoms with van der Waals surface area (Å²) in [6.07, 6.45) is 0.652. The first-order chi connectivity index (χ1) is 12.9. The van der Waals surface area contributed by atoms with Gasteiger partial charge in [0.05, 0.1) is 16.2 Å². The SMILES string of the molecule is NC1=NC(O)C2=C(NC[C@@H](CCc3ccc(C(=O)NCCC(=O)O)s3)S2)N1. The van der Waals surface area contributed by atoms with Crippen LogP contribution in [0.5, 0.6) is 0 Å². The summed E-state index contributed by atoms with van der Waals surface area (Å²) >= 11 is 2.99. The molecule has 1 unspecified atom stereocenters. The van der Waals surface area contributed by atoms with Crippen LogP contribution in [-0.2, 0) is 11.2 Å². The molecule has 0 aliphatic carbocycles. The molecule has 0 aromatic carbocycles. The Labute approximate surface area is 164 Å². The monoisotopic (exact) mass is 411 g/mol. The Bertz CT molecular complexity index is 792. The van der Waals surface area contributed by atoms with Crippen molar-refractivity contribution in [3.63, 3.8) is 0 Å². The fourth-order valence-corrected chi connectivity index (χ4v) is 4.81. The zero-order chi connectivity index (χ0) is 19.4. The zero-order valence-corrected chi connectivity index (χ0v) is 16.0. The molecule has 3 rings (SSSR count). The smallest absolute Gasteiger partial charge is 0.305 e. The molecule has 7 N–H and O–H groups in total. The second-order valence-corrected chi connectivity index (χ2v) is 8.59. The van der Waals surface area contributed by atoms with E-state index in [1.165, 1.54) is 11.3 Å². The van der Waals surface area contributed by atoms with Gasteiger partial charge < -0.3 is 31.9 Å². The van der Waals surface area contributed by atoms with Crippen LogP contribution in [0.4, 0.5) is 0 Å². The van der Waals surface area contributed by atoms with Crippen LogP contribution in [0, 0.1) is 0 Å². The normalized spacial score (nSPS) is 21.6. The standard InChI is InChI=1S/C16H21N5O4S2/c17-16-20-13-12(15(25)21-16)27-9(7-19-13)2-1-8-3-4-10(26-8)14(24)18-6-5-11(22)23/h3-4,9,15,19,25H,1-2,5-7H2,(H,18,24)(H,22,23)(H3,17,20,21)/t9-,15?/m1/s1. The van der Waals surface area contributed by atoms with Gasteiger partial charge in [0.25, 0.3) is 5.91 Å². The van der Waals surface area contributed by atoms with Gasteiger partial charge in [-0.1, -0.05) is 0 Å². The minimum absolute atomic E-state index is 0.0931. The highest BCUT2D eigenvalue weighted by molar-refractivity contribution is 8.03. The number of carbonyl (C=O) groups excluding carboxylic acids is 1. The highest BCUT2D eigenvalue weighted by Gasteiger charge is 2.29. The predicted molar refractivity (Wildman–Crippen MR) is 104 cm³/mol. The van der Waals surface area contributed by atoms with Gasteiger partial charge in [0.1, 0.15) is 5.82 Å². The van der Waals surface area contributed by atoms with Gasteiger partial charge in [-0.2, -0.15) is 0 Å². The number of rotatable bonds is 7. The molecule has 0 saturated heterocycles. The van der Waals surface area contributed by atoms with E-state index in [2.05, 4.69) is 20.9 Å². The van der Waals surface area contributed by atoms with E-state index in [1.807, 2.05) is 6.07 Å². The quantitative estimate of drug-likeness (QED) is 0.367. The van der Waals surface area contributed by atoms with Crippen molar-refractivity contribution in [1.82, 2.24) is 16.0 Å². The van der Waals surface area contributed by atoms with Gasteiger partial charge in [0.2, 0.25) is 0 Å². The number of nitrogens with zero attached hydrogens (tertiary/aromatic N) is 1. The molecule has 2 atom stereocenters. The minimum Gasteiger partial charge on any atom is -0.481 e. The number of carboxylic acid groups (broad SMARTS) is 1. The average molecular weight is 412 g/mol. The molecule has 0 fully saturated rings. The number of carbonyl (C=O) groups is 2. The number of hydrogen-bond donors (Lipinski definition) is 6. The Hall–Kier alpha value is -2.24. The van der Waals surface area contributed by atoms with Crippen LogP contribution in [0.25, 0.3) is 0 Å². The molecule has 1 aromatic heterocycles. The highest BCUT2D eigenvalue weighted by Crippen LogP contribution is 2.34. The number of aryl methyl sites for hydroxylation is 1. The summed E-state index contributed by atoms with van der Waals surface area (Å²) in [5.41, 5.74) is 5.61. The molecule has 0 radical (unpaired) electrons. The summed E-state index contributed by atoms with van der Waals surface area (Å²) in [5, 5.41) is 27.7. The number of aliphatic imine (C=N–C) groups is 1. The van der Waals surface area contributed by atoms with E-state index in [-0.39, 0.29) is 30.1 Å². The number of nitrogens with two attached hydrogens (primary N) is 1. The molecule has 27 heavy (non-hydrogen) atoms. The molecular formula is C16H21N5O4S2. The van der Waals surface area contributed by atoms with E-state index < -0.39 is 12.2 Å². The van der Waals surface area contributed by atoms with Crippen LogP contribution >= 0.6 is 23.1 Å².